The SMILES string of the molecule is COc1ccc2c(c1)C(=O)N(C[C@@H](c1cc3cnccc3o1)N(C(C)=O)C(=O)N(C=O)COC(=O)c1ccccc1OC(C)=O)C2. The van der Waals surface area contributed by atoms with Crippen LogP contribution in [0.3, 0.4) is 0 Å². The van der Waals surface area contributed by atoms with Gasteiger partial charge in [0.15, 0.2) is 6.73 Å². The van der Waals surface area contributed by atoms with Gasteiger partial charge in [-0.3, -0.25) is 29.1 Å². The number of hydrogen-bond acceptors (Lipinski definition) is 11. The minimum absolute atomic E-state index is 0.0809. The number of nitrogens with zero attached hydrogens (tertiary/aromatic N) is 4. The number of esters is 2. The molecule has 14 heteroatoms. The van der Waals surface area contributed by atoms with Gasteiger partial charge >= 0.3 is 18.0 Å². The number of aromatic nitrogens is 1. The van der Waals surface area contributed by atoms with Crippen LogP contribution in [0.25, 0.3) is 11.0 Å². The highest BCUT2D eigenvalue weighted by molar-refractivity contribution is 6.00. The first-order valence-corrected chi connectivity index (χ1v) is 13.9. The number of fused-ring (bicyclic) bond motifs is 2. The number of furan rings is 1. The van der Waals surface area contributed by atoms with Gasteiger partial charge in [-0.25, -0.2) is 14.5 Å². The number of amides is 5. The van der Waals surface area contributed by atoms with Gasteiger partial charge in [0, 0.05) is 50.3 Å². The maximum atomic E-state index is 13.8. The molecule has 0 saturated heterocycles. The van der Waals surface area contributed by atoms with Gasteiger partial charge in [0.1, 0.15) is 34.4 Å². The smallest absolute Gasteiger partial charge is 0.343 e. The Morgan fingerprint density at radius 1 is 1.09 bits per heavy atom. The van der Waals surface area contributed by atoms with Crippen molar-refractivity contribution in [1.82, 2.24) is 19.7 Å². The van der Waals surface area contributed by atoms with Crippen molar-refractivity contribution in [3.8, 4) is 11.5 Å². The Morgan fingerprint density at radius 3 is 2.57 bits per heavy atom. The van der Waals surface area contributed by atoms with Crippen LogP contribution in [0, 0.1) is 0 Å². The number of para-hydroxylation sites is 1. The zero-order valence-corrected chi connectivity index (χ0v) is 25.0. The standard InChI is InChI=1S/C32H28N4O10/c1-19(38)36(32(42)35(17-37)18-44-31(41)24-6-4-5-7-28(24)45-20(2)39)26(29-12-22-14-33-11-10-27(22)46-29)16-34-15-21-8-9-23(43-3)13-25(21)30(34)40/h4-14,17,26H,15-16,18H2,1-3H3/t26-/m0/s1. The summed E-state index contributed by atoms with van der Waals surface area (Å²) in [4.78, 5) is 83.6. The monoisotopic (exact) mass is 628 g/mol. The lowest BCUT2D eigenvalue weighted by atomic mass is 10.1. The number of pyridine rings is 1. The molecule has 0 N–H and O–H groups in total. The molecule has 0 unspecified atom stereocenters. The lowest BCUT2D eigenvalue weighted by molar-refractivity contribution is -0.132. The Balaban J connectivity index is 1.43. The van der Waals surface area contributed by atoms with Crippen molar-refractivity contribution in [3.63, 3.8) is 0 Å². The topological polar surface area (TPSA) is 166 Å². The molecular weight excluding hydrogens is 600 g/mol. The number of ether oxygens (including phenoxy) is 3. The molecule has 14 nitrogen and oxygen atoms in total. The van der Waals surface area contributed by atoms with Crippen LogP contribution in [0.2, 0.25) is 0 Å². The third kappa shape index (κ3) is 6.40. The second-order valence-corrected chi connectivity index (χ2v) is 10.2. The van der Waals surface area contributed by atoms with Crippen LogP contribution < -0.4 is 9.47 Å². The Bertz CT molecular complexity index is 1820. The molecule has 1 atom stereocenters. The molecule has 2 aromatic carbocycles. The Hall–Kier alpha value is -6.05. The van der Waals surface area contributed by atoms with Gasteiger partial charge in [0.2, 0.25) is 12.3 Å². The van der Waals surface area contributed by atoms with Crippen molar-refractivity contribution in [1.29, 1.82) is 0 Å². The van der Waals surface area contributed by atoms with E-state index in [2.05, 4.69) is 4.98 Å². The summed E-state index contributed by atoms with van der Waals surface area (Å²) in [5, 5.41) is 0.576. The fraction of sp³-hybridized carbons (Fsp3) is 0.219. The lowest BCUT2D eigenvalue weighted by Crippen LogP contribution is -2.50. The van der Waals surface area contributed by atoms with Crippen molar-refractivity contribution in [2.24, 2.45) is 0 Å². The summed E-state index contributed by atoms with van der Waals surface area (Å²) in [5.41, 5.74) is 1.41. The maximum Gasteiger partial charge on any atom is 0.343 e. The highest BCUT2D eigenvalue weighted by Gasteiger charge is 2.39. The number of methoxy groups -OCH3 is 1. The Morgan fingerprint density at radius 2 is 1.87 bits per heavy atom. The first-order chi connectivity index (χ1) is 22.1. The highest BCUT2D eigenvalue weighted by Crippen LogP contribution is 2.33. The van der Waals surface area contributed by atoms with Crippen LogP contribution in [-0.4, -0.2) is 76.3 Å². The van der Waals surface area contributed by atoms with E-state index in [9.17, 15) is 28.8 Å². The van der Waals surface area contributed by atoms with Crippen LogP contribution in [0.15, 0.2) is 71.4 Å². The van der Waals surface area contributed by atoms with E-state index in [1.54, 1.807) is 30.3 Å². The molecule has 0 saturated carbocycles. The first-order valence-electron chi connectivity index (χ1n) is 13.9. The molecule has 1 aliphatic heterocycles. The number of carbonyl (C=O) groups excluding carboxylic acids is 6. The molecule has 2 aromatic heterocycles. The van der Waals surface area contributed by atoms with Crippen LogP contribution >= 0.6 is 0 Å². The molecule has 236 valence electrons. The molecule has 46 heavy (non-hydrogen) atoms. The van der Waals surface area contributed by atoms with E-state index in [4.69, 9.17) is 18.6 Å². The van der Waals surface area contributed by atoms with Gasteiger partial charge in [-0.1, -0.05) is 18.2 Å². The maximum absolute atomic E-state index is 13.8. The molecule has 5 rings (SSSR count). The molecule has 0 spiro atoms. The molecule has 0 fully saturated rings. The van der Waals surface area contributed by atoms with Gasteiger partial charge in [-0.05, 0) is 42.0 Å². The number of hydrogen-bond donors (Lipinski definition) is 0. The van der Waals surface area contributed by atoms with E-state index in [1.165, 1.54) is 48.7 Å². The van der Waals surface area contributed by atoms with Crippen LogP contribution in [-0.2, 0) is 25.7 Å². The zero-order valence-electron chi connectivity index (χ0n) is 25.0. The highest BCUT2D eigenvalue weighted by atomic mass is 16.6. The minimum Gasteiger partial charge on any atom is -0.497 e. The number of imide groups is 2. The van der Waals surface area contributed by atoms with E-state index < -0.39 is 36.6 Å². The summed E-state index contributed by atoms with van der Waals surface area (Å²) < 4.78 is 21.5. The summed E-state index contributed by atoms with van der Waals surface area (Å²) in [6.07, 6.45) is 3.15. The van der Waals surface area contributed by atoms with E-state index in [1.807, 2.05) is 0 Å². The van der Waals surface area contributed by atoms with Crippen LogP contribution in [0.4, 0.5) is 4.79 Å². The second-order valence-electron chi connectivity index (χ2n) is 10.2. The van der Waals surface area contributed by atoms with Crippen LogP contribution in [0.1, 0.15) is 51.9 Å². The number of urea groups is 1. The van der Waals surface area contributed by atoms with Gasteiger partial charge < -0.3 is 23.5 Å². The largest absolute Gasteiger partial charge is 0.497 e. The summed E-state index contributed by atoms with van der Waals surface area (Å²) in [7, 11) is 1.48. The van der Waals surface area contributed by atoms with Crippen molar-refractivity contribution in [2.75, 3.05) is 20.4 Å². The summed E-state index contributed by atoms with van der Waals surface area (Å²) in [6, 6.07) is 11.7. The number of carbonyl (C=O) groups is 6. The summed E-state index contributed by atoms with van der Waals surface area (Å²) in [5.74, 6) is -2.26. The van der Waals surface area contributed by atoms with E-state index in [-0.39, 0.29) is 42.5 Å². The Kier molecular flexibility index (Phi) is 9.07. The van der Waals surface area contributed by atoms with Gasteiger partial charge in [0.05, 0.1) is 7.11 Å². The molecule has 5 amide bonds. The molecule has 0 aliphatic carbocycles. The third-order valence-corrected chi connectivity index (χ3v) is 7.18. The minimum atomic E-state index is -1.21. The molecule has 1 aliphatic rings. The van der Waals surface area contributed by atoms with E-state index >= 15 is 0 Å². The zero-order chi connectivity index (χ0) is 33.0. The van der Waals surface area contributed by atoms with Crippen molar-refractivity contribution < 1.29 is 47.4 Å². The van der Waals surface area contributed by atoms with Crippen molar-refractivity contribution in [3.05, 3.63) is 89.4 Å². The quantitative estimate of drug-likeness (QED) is 0.109. The molecule has 0 bridgehead atoms. The number of rotatable bonds is 10. The van der Waals surface area contributed by atoms with Crippen molar-refractivity contribution >= 4 is 47.2 Å². The Labute approximate surface area is 262 Å². The molecule has 4 aromatic rings. The fourth-order valence-electron chi connectivity index (χ4n) is 5.03. The normalized spacial score (nSPS) is 12.7. The predicted octanol–water partition coefficient (Wildman–Crippen LogP) is 3.70. The number of benzene rings is 2. The predicted molar refractivity (Wildman–Crippen MR) is 158 cm³/mol. The second kappa shape index (κ2) is 13.3. The van der Waals surface area contributed by atoms with E-state index in [0.29, 0.717) is 27.2 Å². The summed E-state index contributed by atoms with van der Waals surface area (Å²) in [6.45, 7) is 1.37. The van der Waals surface area contributed by atoms with Gasteiger partial charge in [-0.2, -0.15) is 0 Å². The molecular formula is C32H28N4O10. The molecule has 3 heterocycles. The van der Waals surface area contributed by atoms with Crippen LogP contribution in [0.5, 0.6) is 11.5 Å². The average molecular weight is 629 g/mol. The molecule has 0 radical (unpaired) electrons. The van der Waals surface area contributed by atoms with Crippen molar-refractivity contribution in [2.45, 2.75) is 26.4 Å². The average Bonchev–Trinajstić information content (AvgIpc) is 3.61. The van der Waals surface area contributed by atoms with E-state index in [0.717, 1.165) is 24.3 Å². The fourth-order valence-corrected chi connectivity index (χ4v) is 5.03. The van der Waals surface area contributed by atoms with Gasteiger partial charge in [-0.15, -0.1) is 0 Å². The lowest BCUT2D eigenvalue weighted by Gasteiger charge is -2.33. The van der Waals surface area contributed by atoms with Gasteiger partial charge in [0.25, 0.3) is 5.91 Å². The first kappa shape index (κ1) is 31.4. The third-order valence-electron chi connectivity index (χ3n) is 7.18. The summed E-state index contributed by atoms with van der Waals surface area (Å²) >= 11 is 0.